The van der Waals surface area contributed by atoms with Gasteiger partial charge in [-0.2, -0.15) is 0 Å². The molecule has 10 nitrogen and oxygen atoms in total. The van der Waals surface area contributed by atoms with Crippen molar-refractivity contribution in [2.24, 2.45) is 0 Å². The highest BCUT2D eigenvalue weighted by Gasteiger charge is 2.19. The highest BCUT2D eigenvalue weighted by atomic mass is 16.6. The highest BCUT2D eigenvalue weighted by molar-refractivity contribution is 6.04. The molecule has 1 aromatic heterocycles. The van der Waals surface area contributed by atoms with Crippen LogP contribution in [0.4, 0.5) is 16.2 Å². The van der Waals surface area contributed by atoms with Crippen molar-refractivity contribution in [3.8, 4) is 11.6 Å². The van der Waals surface area contributed by atoms with E-state index < -0.39 is 24.5 Å². The van der Waals surface area contributed by atoms with Crippen LogP contribution in [0.3, 0.4) is 0 Å². The predicted molar refractivity (Wildman–Crippen MR) is 139 cm³/mol. The molecular formula is C27H30N4O6. The monoisotopic (exact) mass is 506 g/mol. The number of carbonyl (C=O) groups excluding carboxylic acids is 2. The maximum absolute atomic E-state index is 13.0. The van der Waals surface area contributed by atoms with Gasteiger partial charge in [0.05, 0.1) is 12.2 Å². The number of benzene rings is 2. The van der Waals surface area contributed by atoms with Crippen LogP contribution in [0.2, 0.25) is 0 Å². The van der Waals surface area contributed by atoms with Gasteiger partial charge in [0.15, 0.2) is 0 Å². The number of carboxylic acid groups (broad SMARTS) is 1. The number of amides is 2. The van der Waals surface area contributed by atoms with Crippen molar-refractivity contribution in [2.45, 2.75) is 26.3 Å². The summed E-state index contributed by atoms with van der Waals surface area (Å²) in [5.74, 6) is -0.950. The van der Waals surface area contributed by atoms with Crippen LogP contribution in [0.25, 0.3) is 0 Å². The summed E-state index contributed by atoms with van der Waals surface area (Å²) < 4.78 is 10.9. The number of nitrogens with zero attached hydrogens (tertiary/aromatic N) is 2. The summed E-state index contributed by atoms with van der Waals surface area (Å²) in [7, 11) is 1.77. The van der Waals surface area contributed by atoms with Crippen molar-refractivity contribution in [2.75, 3.05) is 30.4 Å². The van der Waals surface area contributed by atoms with Gasteiger partial charge in [-0.25, -0.2) is 9.78 Å². The summed E-state index contributed by atoms with van der Waals surface area (Å²) in [4.78, 5) is 41.7. The van der Waals surface area contributed by atoms with Crippen LogP contribution >= 0.6 is 0 Å². The second-order valence-electron chi connectivity index (χ2n) is 8.21. The predicted octanol–water partition coefficient (Wildman–Crippen LogP) is 4.32. The van der Waals surface area contributed by atoms with E-state index in [9.17, 15) is 14.4 Å². The largest absolute Gasteiger partial charge is 0.494 e. The minimum Gasteiger partial charge on any atom is -0.494 e. The summed E-state index contributed by atoms with van der Waals surface area (Å²) in [5, 5.41) is 13.7. The Labute approximate surface area is 215 Å². The fraction of sp³-hybridized carbons (Fsp3) is 0.259. The quantitative estimate of drug-likeness (QED) is 0.310. The number of unbranched alkanes of at least 4 members (excludes halogenated alkanes) is 1. The molecule has 3 aromatic rings. The van der Waals surface area contributed by atoms with Gasteiger partial charge in [0.2, 0.25) is 5.88 Å². The van der Waals surface area contributed by atoms with Crippen LogP contribution in [0.1, 0.15) is 35.7 Å². The Morgan fingerprint density at radius 1 is 1.05 bits per heavy atom. The normalized spacial score (nSPS) is 10.3. The van der Waals surface area contributed by atoms with Crippen LogP contribution < -0.4 is 25.0 Å². The number of ether oxygens (including phenoxy) is 2. The molecule has 0 saturated carbocycles. The molecule has 0 radical (unpaired) electrons. The van der Waals surface area contributed by atoms with E-state index in [0.717, 1.165) is 24.2 Å². The van der Waals surface area contributed by atoms with E-state index in [2.05, 4.69) is 22.5 Å². The zero-order chi connectivity index (χ0) is 26.6. The molecule has 0 unspecified atom stereocenters. The summed E-state index contributed by atoms with van der Waals surface area (Å²) in [6, 6.07) is 18.2. The zero-order valence-corrected chi connectivity index (χ0v) is 20.8. The SMILES string of the molecule is CCCCOc1ccc(NC(=O)c2cnc(OC(=O)NCC(=O)O)c(N(C)Cc3ccccc3)c2)cc1. The van der Waals surface area contributed by atoms with Gasteiger partial charge >= 0.3 is 12.1 Å². The lowest BCUT2D eigenvalue weighted by atomic mass is 10.2. The third-order valence-corrected chi connectivity index (χ3v) is 5.22. The van der Waals surface area contributed by atoms with Gasteiger partial charge in [0.25, 0.3) is 5.91 Å². The minimum atomic E-state index is -1.21. The van der Waals surface area contributed by atoms with E-state index in [-0.39, 0.29) is 11.4 Å². The number of hydrogen-bond donors (Lipinski definition) is 3. The summed E-state index contributed by atoms with van der Waals surface area (Å²) >= 11 is 0. The Morgan fingerprint density at radius 2 is 1.78 bits per heavy atom. The van der Waals surface area contributed by atoms with E-state index >= 15 is 0 Å². The first-order valence-electron chi connectivity index (χ1n) is 11.8. The van der Waals surface area contributed by atoms with E-state index in [4.69, 9.17) is 14.6 Å². The van der Waals surface area contributed by atoms with E-state index in [0.29, 0.717) is 24.5 Å². The van der Waals surface area contributed by atoms with E-state index in [1.54, 1.807) is 42.3 Å². The highest BCUT2D eigenvalue weighted by Crippen LogP contribution is 2.28. The topological polar surface area (TPSA) is 130 Å². The Balaban J connectivity index is 1.77. The maximum atomic E-state index is 13.0. The molecule has 37 heavy (non-hydrogen) atoms. The average Bonchev–Trinajstić information content (AvgIpc) is 2.89. The fourth-order valence-electron chi connectivity index (χ4n) is 3.30. The second-order valence-corrected chi connectivity index (χ2v) is 8.21. The lowest BCUT2D eigenvalue weighted by Gasteiger charge is -2.22. The zero-order valence-electron chi connectivity index (χ0n) is 20.8. The molecule has 0 atom stereocenters. The van der Waals surface area contributed by atoms with Gasteiger partial charge in [-0.3, -0.25) is 9.59 Å². The van der Waals surface area contributed by atoms with Crippen molar-refractivity contribution < 1.29 is 29.0 Å². The van der Waals surface area contributed by atoms with Crippen molar-refractivity contribution >= 4 is 29.3 Å². The Kier molecular flexibility index (Phi) is 9.83. The van der Waals surface area contributed by atoms with Crippen molar-refractivity contribution in [3.05, 3.63) is 78.0 Å². The van der Waals surface area contributed by atoms with E-state index in [1.165, 1.54) is 6.20 Å². The second kappa shape index (κ2) is 13.5. The molecule has 10 heteroatoms. The van der Waals surface area contributed by atoms with Gasteiger partial charge in [0.1, 0.15) is 18.0 Å². The van der Waals surface area contributed by atoms with Crippen molar-refractivity contribution in [1.82, 2.24) is 10.3 Å². The lowest BCUT2D eigenvalue weighted by molar-refractivity contribution is -0.135. The molecule has 0 spiro atoms. The molecule has 0 aliphatic carbocycles. The molecule has 3 rings (SSSR count). The van der Waals surface area contributed by atoms with Gasteiger partial charge < -0.3 is 30.1 Å². The Bertz CT molecular complexity index is 1200. The first-order valence-corrected chi connectivity index (χ1v) is 11.8. The molecule has 2 amide bonds. The number of nitrogens with one attached hydrogen (secondary N) is 2. The first-order chi connectivity index (χ1) is 17.9. The summed E-state index contributed by atoms with van der Waals surface area (Å²) in [5.41, 5.74) is 2.20. The third kappa shape index (κ3) is 8.53. The number of hydrogen-bond acceptors (Lipinski definition) is 7. The van der Waals surface area contributed by atoms with Crippen molar-refractivity contribution in [3.63, 3.8) is 0 Å². The minimum absolute atomic E-state index is 0.0635. The first kappa shape index (κ1) is 27.0. The summed E-state index contributed by atoms with van der Waals surface area (Å²) in [6.07, 6.45) is 2.33. The third-order valence-electron chi connectivity index (χ3n) is 5.22. The molecule has 1 heterocycles. The number of rotatable bonds is 12. The molecule has 3 N–H and O–H groups in total. The molecular weight excluding hydrogens is 476 g/mol. The van der Waals surface area contributed by atoms with Gasteiger partial charge in [-0.1, -0.05) is 43.7 Å². The molecule has 0 fully saturated rings. The number of carboxylic acids is 1. The molecule has 0 aliphatic heterocycles. The van der Waals surface area contributed by atoms with Crippen LogP contribution in [-0.2, 0) is 11.3 Å². The van der Waals surface area contributed by atoms with Crippen LogP contribution in [0.5, 0.6) is 11.6 Å². The van der Waals surface area contributed by atoms with Gasteiger partial charge in [-0.05, 0) is 42.3 Å². The van der Waals surface area contributed by atoms with Crippen LogP contribution in [-0.4, -0.2) is 48.3 Å². The number of aromatic nitrogens is 1. The van der Waals surface area contributed by atoms with Crippen LogP contribution in [0, 0.1) is 0 Å². The maximum Gasteiger partial charge on any atom is 0.414 e. The number of carbonyl (C=O) groups is 3. The number of aliphatic carboxylic acids is 1. The van der Waals surface area contributed by atoms with Crippen molar-refractivity contribution in [1.29, 1.82) is 0 Å². The standard InChI is InChI=1S/C27H30N4O6/c1-3-4-14-36-22-12-10-21(11-13-22)30-25(34)20-15-23(31(2)18-19-8-6-5-7-9-19)26(28-16-20)37-27(35)29-17-24(32)33/h5-13,15-16H,3-4,14,17-18H2,1-2H3,(H,29,35)(H,30,34)(H,32,33). The average molecular weight is 507 g/mol. The number of pyridine rings is 1. The summed E-state index contributed by atoms with van der Waals surface area (Å²) in [6.45, 7) is 2.57. The molecule has 194 valence electrons. The molecule has 0 bridgehead atoms. The molecule has 0 saturated heterocycles. The fourth-order valence-corrected chi connectivity index (χ4v) is 3.30. The van der Waals surface area contributed by atoms with Crippen LogP contribution in [0.15, 0.2) is 66.9 Å². The Hall–Kier alpha value is -4.60. The molecule has 2 aromatic carbocycles. The van der Waals surface area contributed by atoms with Gasteiger partial charge in [-0.15, -0.1) is 0 Å². The molecule has 0 aliphatic rings. The Morgan fingerprint density at radius 3 is 2.46 bits per heavy atom. The smallest absolute Gasteiger partial charge is 0.414 e. The number of anilines is 2. The lowest BCUT2D eigenvalue weighted by Crippen LogP contribution is -2.32. The van der Waals surface area contributed by atoms with E-state index in [1.807, 2.05) is 30.3 Å². The van der Waals surface area contributed by atoms with Gasteiger partial charge in [0, 0.05) is 25.5 Å².